The zero-order chi connectivity index (χ0) is 10.6. The summed E-state index contributed by atoms with van der Waals surface area (Å²) in [7, 11) is 0. The Balaban J connectivity index is 2.23. The lowest BCUT2D eigenvalue weighted by molar-refractivity contribution is -0.0270. The Labute approximate surface area is 96.7 Å². The second kappa shape index (κ2) is 5.50. The highest BCUT2D eigenvalue weighted by Crippen LogP contribution is 2.29. The van der Waals surface area contributed by atoms with Crippen molar-refractivity contribution in [2.75, 3.05) is 11.9 Å². The average Bonchev–Trinajstić information content (AvgIpc) is 2.15. The molecule has 1 saturated carbocycles. The monoisotopic (exact) mass is 262 g/mol. The third kappa shape index (κ3) is 4.31. The van der Waals surface area contributed by atoms with Gasteiger partial charge in [0.2, 0.25) is 0 Å². The van der Waals surface area contributed by atoms with Crippen LogP contribution >= 0.6 is 15.9 Å². The summed E-state index contributed by atoms with van der Waals surface area (Å²) >= 11 is 3.48. The largest absolute Gasteiger partial charge is 0.374 e. The predicted molar refractivity (Wildman–Crippen MR) is 64.9 cm³/mol. The van der Waals surface area contributed by atoms with Crippen molar-refractivity contribution in [3.8, 4) is 0 Å². The van der Waals surface area contributed by atoms with Gasteiger partial charge in [0.1, 0.15) is 0 Å². The number of hydrogen-bond acceptors (Lipinski definition) is 1. The van der Waals surface area contributed by atoms with Crippen LogP contribution in [0.3, 0.4) is 0 Å². The molecular formula is C12H23BrO. The lowest BCUT2D eigenvalue weighted by Crippen LogP contribution is -2.30. The number of halogens is 1. The summed E-state index contributed by atoms with van der Waals surface area (Å²) in [5.41, 5.74) is 0.000680. The molecule has 0 spiro atoms. The van der Waals surface area contributed by atoms with E-state index in [0.717, 1.165) is 23.8 Å². The Morgan fingerprint density at radius 1 is 1.36 bits per heavy atom. The normalized spacial score (nSPS) is 29.1. The van der Waals surface area contributed by atoms with Gasteiger partial charge in [-0.25, -0.2) is 0 Å². The molecule has 2 atom stereocenters. The molecule has 0 aromatic carbocycles. The standard InChI is InChI=1S/C12H23BrO/c1-10-5-4-6-11(7-10)8-14-12(2,3)9-13/h10-11H,4-9H2,1-3H3. The zero-order valence-corrected chi connectivity index (χ0v) is 11.3. The Morgan fingerprint density at radius 3 is 2.64 bits per heavy atom. The Bertz CT molecular complexity index is 168. The molecule has 0 aromatic heterocycles. The molecule has 0 aromatic rings. The molecule has 84 valence electrons. The van der Waals surface area contributed by atoms with Crippen LogP contribution in [0.2, 0.25) is 0 Å². The van der Waals surface area contributed by atoms with Crippen molar-refractivity contribution in [3.05, 3.63) is 0 Å². The fourth-order valence-corrected chi connectivity index (χ4v) is 2.25. The van der Waals surface area contributed by atoms with Crippen LogP contribution in [0.15, 0.2) is 0 Å². The van der Waals surface area contributed by atoms with Crippen molar-refractivity contribution in [2.45, 2.75) is 52.1 Å². The molecule has 2 heteroatoms. The second-order valence-electron chi connectivity index (χ2n) is 5.34. The first kappa shape index (κ1) is 12.5. The van der Waals surface area contributed by atoms with E-state index in [-0.39, 0.29) is 5.60 Å². The highest BCUT2D eigenvalue weighted by Gasteiger charge is 2.23. The first-order chi connectivity index (χ1) is 6.53. The Kier molecular flexibility index (Phi) is 4.92. The first-order valence-corrected chi connectivity index (χ1v) is 6.85. The van der Waals surface area contributed by atoms with Gasteiger partial charge in [-0.2, -0.15) is 0 Å². The van der Waals surface area contributed by atoms with Gasteiger partial charge in [-0.1, -0.05) is 35.7 Å². The van der Waals surface area contributed by atoms with Crippen LogP contribution in [0.4, 0.5) is 0 Å². The molecule has 1 aliphatic carbocycles. The molecule has 0 N–H and O–H groups in total. The van der Waals surface area contributed by atoms with E-state index < -0.39 is 0 Å². The topological polar surface area (TPSA) is 9.23 Å². The second-order valence-corrected chi connectivity index (χ2v) is 5.90. The van der Waals surface area contributed by atoms with E-state index in [2.05, 4.69) is 36.7 Å². The molecule has 1 aliphatic rings. The summed E-state index contributed by atoms with van der Waals surface area (Å²) in [6.07, 6.45) is 5.53. The van der Waals surface area contributed by atoms with Gasteiger partial charge in [-0.15, -0.1) is 0 Å². The minimum atomic E-state index is 0.000680. The van der Waals surface area contributed by atoms with Crippen LogP contribution in [-0.2, 0) is 4.74 Å². The van der Waals surface area contributed by atoms with Gasteiger partial charge < -0.3 is 4.74 Å². The number of rotatable bonds is 4. The van der Waals surface area contributed by atoms with E-state index >= 15 is 0 Å². The van der Waals surface area contributed by atoms with Crippen LogP contribution < -0.4 is 0 Å². The van der Waals surface area contributed by atoms with Crippen LogP contribution in [0, 0.1) is 11.8 Å². The van der Waals surface area contributed by atoms with E-state index in [1.54, 1.807) is 0 Å². The quantitative estimate of drug-likeness (QED) is 0.696. The predicted octanol–water partition coefficient (Wildman–Crippen LogP) is 4.00. The van der Waals surface area contributed by atoms with E-state index in [9.17, 15) is 0 Å². The molecule has 1 rings (SSSR count). The van der Waals surface area contributed by atoms with Crippen molar-refractivity contribution < 1.29 is 4.74 Å². The molecule has 1 nitrogen and oxygen atoms in total. The van der Waals surface area contributed by atoms with E-state index in [1.165, 1.54) is 25.7 Å². The van der Waals surface area contributed by atoms with Gasteiger partial charge in [0, 0.05) is 5.33 Å². The Hall–Kier alpha value is 0.440. The SMILES string of the molecule is CC1CCCC(COC(C)(C)CBr)C1. The summed E-state index contributed by atoms with van der Waals surface area (Å²) in [6, 6.07) is 0. The molecule has 0 heterocycles. The van der Waals surface area contributed by atoms with Crippen LogP contribution in [-0.4, -0.2) is 17.5 Å². The molecule has 0 radical (unpaired) electrons. The maximum atomic E-state index is 5.92. The van der Waals surface area contributed by atoms with Gasteiger partial charge in [0.15, 0.2) is 0 Å². The van der Waals surface area contributed by atoms with E-state index in [0.29, 0.717) is 0 Å². The van der Waals surface area contributed by atoms with E-state index in [1.807, 2.05) is 0 Å². The first-order valence-electron chi connectivity index (χ1n) is 5.73. The summed E-state index contributed by atoms with van der Waals surface area (Å²) in [5, 5.41) is 0.919. The molecule has 1 fully saturated rings. The zero-order valence-electron chi connectivity index (χ0n) is 9.68. The Morgan fingerprint density at radius 2 is 2.07 bits per heavy atom. The van der Waals surface area contributed by atoms with Crippen LogP contribution in [0.5, 0.6) is 0 Å². The number of alkyl halides is 1. The van der Waals surface area contributed by atoms with Gasteiger partial charge in [-0.3, -0.25) is 0 Å². The molecule has 0 aliphatic heterocycles. The van der Waals surface area contributed by atoms with Gasteiger partial charge in [0.25, 0.3) is 0 Å². The number of hydrogen-bond donors (Lipinski definition) is 0. The molecule has 0 amide bonds. The van der Waals surface area contributed by atoms with Gasteiger partial charge >= 0.3 is 0 Å². The van der Waals surface area contributed by atoms with Gasteiger partial charge in [0.05, 0.1) is 12.2 Å². The minimum Gasteiger partial charge on any atom is -0.374 e. The smallest absolute Gasteiger partial charge is 0.0723 e. The third-order valence-electron chi connectivity index (χ3n) is 3.08. The summed E-state index contributed by atoms with van der Waals surface area (Å²) in [5.74, 6) is 1.71. The highest BCUT2D eigenvalue weighted by molar-refractivity contribution is 9.09. The molecule has 14 heavy (non-hydrogen) atoms. The van der Waals surface area contributed by atoms with Crippen LogP contribution in [0.1, 0.15) is 46.5 Å². The number of ether oxygens (including phenoxy) is 1. The van der Waals surface area contributed by atoms with Crippen LogP contribution in [0.25, 0.3) is 0 Å². The fourth-order valence-electron chi connectivity index (χ4n) is 2.09. The molecule has 0 saturated heterocycles. The highest BCUT2D eigenvalue weighted by atomic mass is 79.9. The maximum Gasteiger partial charge on any atom is 0.0723 e. The third-order valence-corrected chi connectivity index (χ3v) is 4.43. The molecule has 0 bridgehead atoms. The maximum absolute atomic E-state index is 5.92. The molecule has 2 unspecified atom stereocenters. The summed E-state index contributed by atoms with van der Waals surface area (Å²) < 4.78 is 5.92. The van der Waals surface area contributed by atoms with E-state index in [4.69, 9.17) is 4.74 Å². The van der Waals surface area contributed by atoms with Crippen molar-refractivity contribution in [1.82, 2.24) is 0 Å². The lowest BCUT2D eigenvalue weighted by Gasteiger charge is -2.30. The van der Waals surface area contributed by atoms with Crippen molar-refractivity contribution in [2.24, 2.45) is 11.8 Å². The van der Waals surface area contributed by atoms with Gasteiger partial charge in [-0.05, 0) is 38.5 Å². The van der Waals surface area contributed by atoms with Crippen molar-refractivity contribution in [1.29, 1.82) is 0 Å². The summed E-state index contributed by atoms with van der Waals surface area (Å²) in [4.78, 5) is 0. The molecular weight excluding hydrogens is 240 g/mol. The minimum absolute atomic E-state index is 0.000680. The fraction of sp³-hybridized carbons (Fsp3) is 1.00. The summed E-state index contributed by atoms with van der Waals surface area (Å²) in [6.45, 7) is 7.60. The average molecular weight is 263 g/mol. The van der Waals surface area contributed by atoms with Crippen molar-refractivity contribution >= 4 is 15.9 Å². The van der Waals surface area contributed by atoms with Crippen molar-refractivity contribution in [3.63, 3.8) is 0 Å². The lowest BCUT2D eigenvalue weighted by atomic mass is 9.83.